The van der Waals surface area contributed by atoms with Gasteiger partial charge in [-0.25, -0.2) is 5.01 Å². The Morgan fingerprint density at radius 1 is 0.759 bits per heavy atom. The van der Waals surface area contributed by atoms with Crippen molar-refractivity contribution in [2.75, 3.05) is 23.5 Å². The number of para-hydroxylation sites is 2. The van der Waals surface area contributed by atoms with E-state index in [4.69, 9.17) is 9.84 Å². The second-order valence-corrected chi connectivity index (χ2v) is 15.6. The average molecular weight is 708 g/mol. The lowest BCUT2D eigenvalue weighted by Gasteiger charge is -2.38. The van der Waals surface area contributed by atoms with Crippen LogP contribution in [-0.2, 0) is 10.8 Å². The van der Waals surface area contributed by atoms with Crippen LogP contribution in [0.5, 0.6) is 5.75 Å². The van der Waals surface area contributed by atoms with Crippen molar-refractivity contribution in [3.05, 3.63) is 180 Å². The van der Waals surface area contributed by atoms with Gasteiger partial charge in [0.15, 0.2) is 0 Å². The Labute approximate surface area is 320 Å². The SMILES string of the molecule is CC1=C(/C=C/C(C)(C)c2c(NCCOc3ccccc3)ccc3ccccc23)CC/C1=C\C1=NN(c2ccccc2)c2ccc3ccccc3c2C1(C)C. The van der Waals surface area contributed by atoms with Crippen molar-refractivity contribution in [3.63, 3.8) is 0 Å². The van der Waals surface area contributed by atoms with Gasteiger partial charge < -0.3 is 10.1 Å². The summed E-state index contributed by atoms with van der Waals surface area (Å²) in [7, 11) is 0. The van der Waals surface area contributed by atoms with Gasteiger partial charge >= 0.3 is 0 Å². The number of nitrogens with zero attached hydrogens (tertiary/aromatic N) is 2. The lowest BCUT2D eigenvalue weighted by Crippen LogP contribution is -2.36. The predicted molar refractivity (Wildman–Crippen MR) is 230 cm³/mol. The normalized spacial score (nSPS) is 16.4. The molecule has 0 saturated carbocycles. The van der Waals surface area contributed by atoms with Gasteiger partial charge in [0.25, 0.3) is 0 Å². The van der Waals surface area contributed by atoms with Crippen molar-refractivity contribution in [2.45, 2.75) is 58.3 Å². The molecule has 0 fully saturated rings. The van der Waals surface area contributed by atoms with Crippen LogP contribution < -0.4 is 15.1 Å². The average Bonchev–Trinajstić information content (AvgIpc) is 3.54. The molecule has 0 aromatic heterocycles. The zero-order valence-electron chi connectivity index (χ0n) is 32.1. The highest BCUT2D eigenvalue weighted by Crippen LogP contribution is 2.46. The van der Waals surface area contributed by atoms with E-state index in [1.807, 2.05) is 30.3 Å². The summed E-state index contributed by atoms with van der Waals surface area (Å²) in [6.45, 7) is 12.9. The fourth-order valence-corrected chi connectivity index (χ4v) is 8.26. The van der Waals surface area contributed by atoms with Gasteiger partial charge in [-0.3, -0.25) is 0 Å². The number of hydrogen-bond acceptors (Lipinski definition) is 4. The molecular weight excluding hydrogens is 659 g/mol. The van der Waals surface area contributed by atoms with E-state index in [-0.39, 0.29) is 10.8 Å². The summed E-state index contributed by atoms with van der Waals surface area (Å²) < 4.78 is 6.01. The van der Waals surface area contributed by atoms with Gasteiger partial charge in [0.2, 0.25) is 0 Å². The van der Waals surface area contributed by atoms with Crippen LogP contribution in [0.1, 0.15) is 58.6 Å². The Hall–Kier alpha value is -5.87. The number of anilines is 3. The third-order valence-electron chi connectivity index (χ3n) is 11.3. The number of hydrazone groups is 1. The van der Waals surface area contributed by atoms with Crippen molar-refractivity contribution < 1.29 is 4.74 Å². The van der Waals surface area contributed by atoms with Crippen molar-refractivity contribution in [1.29, 1.82) is 0 Å². The van der Waals surface area contributed by atoms with E-state index < -0.39 is 0 Å². The van der Waals surface area contributed by atoms with Gasteiger partial charge in [-0.05, 0) is 125 Å². The molecule has 4 nitrogen and oxygen atoms in total. The van der Waals surface area contributed by atoms with Gasteiger partial charge in [-0.2, -0.15) is 5.10 Å². The standard InChI is InChI=1S/C50H49N3O/c1-35-36(30-31-49(2,3)47-42-22-14-12-16-37(42)26-28-44(47)51-32-33-54-41-20-10-7-11-21-41)24-25-39(35)34-46-50(4,5)48-43-23-15-13-17-38(43)27-29-45(48)53(52-46)40-18-8-6-9-19-40/h6-23,26-31,34,51H,24-25,32-33H2,1-5H3/b31-30+,39-34+. The summed E-state index contributed by atoms with van der Waals surface area (Å²) in [5.41, 5.74) is 10.6. The molecule has 4 heteroatoms. The highest BCUT2D eigenvalue weighted by molar-refractivity contribution is 6.11. The lowest BCUT2D eigenvalue weighted by atomic mass is 9.75. The van der Waals surface area contributed by atoms with Crippen LogP contribution in [0.4, 0.5) is 17.1 Å². The molecule has 0 radical (unpaired) electrons. The molecule has 6 aromatic carbocycles. The molecule has 1 aliphatic carbocycles. The molecule has 270 valence electrons. The maximum absolute atomic E-state index is 6.01. The zero-order chi connectivity index (χ0) is 37.3. The molecule has 1 N–H and O–H groups in total. The molecule has 6 aromatic rings. The van der Waals surface area contributed by atoms with Crippen LogP contribution in [-0.4, -0.2) is 18.9 Å². The van der Waals surface area contributed by atoms with E-state index in [0.717, 1.165) is 41.4 Å². The Bertz CT molecular complexity index is 2450. The molecule has 0 unspecified atom stereocenters. The molecule has 0 spiro atoms. The minimum absolute atomic E-state index is 0.236. The van der Waals surface area contributed by atoms with E-state index in [1.165, 1.54) is 49.4 Å². The van der Waals surface area contributed by atoms with Gasteiger partial charge in [-0.15, -0.1) is 0 Å². The predicted octanol–water partition coefficient (Wildman–Crippen LogP) is 12.8. The van der Waals surface area contributed by atoms with E-state index in [0.29, 0.717) is 13.2 Å². The number of rotatable bonds is 10. The highest BCUT2D eigenvalue weighted by atomic mass is 16.5. The number of benzene rings is 6. The number of allylic oxidation sites excluding steroid dienone is 6. The lowest BCUT2D eigenvalue weighted by molar-refractivity contribution is 0.333. The van der Waals surface area contributed by atoms with Crippen molar-refractivity contribution in [2.24, 2.45) is 5.10 Å². The smallest absolute Gasteiger partial charge is 0.119 e. The van der Waals surface area contributed by atoms with Crippen LogP contribution >= 0.6 is 0 Å². The maximum atomic E-state index is 6.01. The first-order valence-electron chi connectivity index (χ1n) is 19.2. The van der Waals surface area contributed by atoms with Gasteiger partial charge in [0.1, 0.15) is 12.4 Å². The first-order chi connectivity index (χ1) is 26.2. The Morgan fingerprint density at radius 3 is 2.17 bits per heavy atom. The minimum Gasteiger partial charge on any atom is -0.492 e. The van der Waals surface area contributed by atoms with E-state index in [9.17, 15) is 0 Å². The number of ether oxygens (including phenoxy) is 1. The maximum Gasteiger partial charge on any atom is 0.119 e. The fraction of sp³-hybridized carbons (Fsp3) is 0.220. The number of nitrogens with one attached hydrogen (secondary N) is 1. The molecule has 0 bridgehead atoms. The molecule has 0 saturated heterocycles. The Kier molecular flexibility index (Phi) is 9.45. The third-order valence-corrected chi connectivity index (χ3v) is 11.3. The summed E-state index contributed by atoms with van der Waals surface area (Å²) >= 11 is 0. The molecular formula is C50H49N3O. The first-order valence-corrected chi connectivity index (χ1v) is 19.2. The van der Waals surface area contributed by atoms with Gasteiger partial charge in [0, 0.05) is 23.1 Å². The first kappa shape index (κ1) is 35.2. The molecule has 2 aliphatic rings. The second kappa shape index (κ2) is 14.5. The summed E-state index contributed by atoms with van der Waals surface area (Å²) in [5, 5.41) is 16.3. The van der Waals surface area contributed by atoms with E-state index >= 15 is 0 Å². The molecule has 1 aliphatic heterocycles. The summed E-state index contributed by atoms with van der Waals surface area (Å²) in [4.78, 5) is 0. The Morgan fingerprint density at radius 2 is 1.41 bits per heavy atom. The van der Waals surface area contributed by atoms with Gasteiger partial charge in [0.05, 0.1) is 17.1 Å². The number of hydrogen-bond donors (Lipinski definition) is 1. The van der Waals surface area contributed by atoms with Crippen molar-refractivity contribution >= 4 is 44.3 Å². The zero-order valence-corrected chi connectivity index (χ0v) is 32.1. The van der Waals surface area contributed by atoms with E-state index in [1.54, 1.807) is 0 Å². The van der Waals surface area contributed by atoms with Crippen LogP contribution in [0.3, 0.4) is 0 Å². The van der Waals surface area contributed by atoms with Crippen molar-refractivity contribution in [3.8, 4) is 5.75 Å². The Balaban J connectivity index is 1.11. The monoisotopic (exact) mass is 707 g/mol. The van der Waals surface area contributed by atoms with Crippen LogP contribution in [0.2, 0.25) is 0 Å². The topological polar surface area (TPSA) is 36.9 Å². The molecule has 8 rings (SSSR count). The van der Waals surface area contributed by atoms with Crippen molar-refractivity contribution in [1.82, 2.24) is 0 Å². The summed E-state index contributed by atoms with van der Waals surface area (Å²) in [5.74, 6) is 0.890. The van der Waals surface area contributed by atoms with Crippen LogP contribution in [0.25, 0.3) is 21.5 Å². The quantitative estimate of drug-likeness (QED) is 0.144. The molecule has 0 amide bonds. The molecule has 1 heterocycles. The summed E-state index contributed by atoms with van der Waals surface area (Å²) in [6.07, 6.45) is 9.18. The van der Waals surface area contributed by atoms with E-state index in [2.05, 4.69) is 166 Å². The minimum atomic E-state index is -0.292. The number of fused-ring (bicyclic) bond motifs is 4. The highest BCUT2D eigenvalue weighted by Gasteiger charge is 2.37. The van der Waals surface area contributed by atoms with Crippen LogP contribution in [0.15, 0.2) is 174 Å². The van der Waals surface area contributed by atoms with Crippen LogP contribution in [0, 0.1) is 0 Å². The van der Waals surface area contributed by atoms with Gasteiger partial charge in [-0.1, -0.05) is 123 Å². The fourth-order valence-electron chi connectivity index (χ4n) is 8.26. The summed E-state index contributed by atoms with van der Waals surface area (Å²) in [6, 6.07) is 46.9. The second-order valence-electron chi connectivity index (χ2n) is 15.6. The largest absolute Gasteiger partial charge is 0.492 e. The molecule has 54 heavy (non-hydrogen) atoms. The third kappa shape index (κ3) is 6.73. The molecule has 0 atom stereocenters.